The lowest BCUT2D eigenvalue weighted by molar-refractivity contribution is 0.0305. The van der Waals surface area contributed by atoms with Gasteiger partial charge >= 0.3 is 10.4 Å². The molecule has 1 rings (SSSR count). The van der Waals surface area contributed by atoms with Crippen molar-refractivity contribution in [3.8, 4) is 0 Å². The summed E-state index contributed by atoms with van der Waals surface area (Å²) in [6, 6.07) is 0. The molecule has 5 nitrogen and oxygen atoms in total. The van der Waals surface area contributed by atoms with Crippen LogP contribution in [0.25, 0.3) is 0 Å². The van der Waals surface area contributed by atoms with E-state index < -0.39 is 16.0 Å². The first-order valence-electron chi connectivity index (χ1n) is 4.75. The summed E-state index contributed by atoms with van der Waals surface area (Å²) < 4.78 is 31.5. The summed E-state index contributed by atoms with van der Waals surface area (Å²) in [5.41, 5.74) is 4.83. The molecule has 1 aliphatic rings. The van der Waals surface area contributed by atoms with Crippen LogP contribution in [0.3, 0.4) is 0 Å². The van der Waals surface area contributed by atoms with Crippen molar-refractivity contribution in [2.45, 2.75) is 37.7 Å². The molecule has 0 bridgehead atoms. The monoisotopic (exact) mass is 223 g/mol. The van der Waals surface area contributed by atoms with Crippen molar-refractivity contribution in [1.82, 2.24) is 0 Å². The number of hydrogen-bond acceptors (Lipinski definition) is 5. The van der Waals surface area contributed by atoms with E-state index in [1.54, 1.807) is 0 Å². The third kappa shape index (κ3) is 2.91. The Morgan fingerprint density at radius 2 is 1.86 bits per heavy atom. The Hall–Kier alpha value is -0.170. The summed E-state index contributed by atoms with van der Waals surface area (Å²) >= 11 is 0. The smallest absolute Gasteiger partial charge is 0.328 e. The lowest BCUT2D eigenvalue weighted by Gasteiger charge is -2.34. The maximum absolute atomic E-state index is 11.1. The van der Waals surface area contributed by atoms with E-state index in [4.69, 9.17) is 9.92 Å². The summed E-state index contributed by atoms with van der Waals surface area (Å²) in [5.74, 6) is 0. The zero-order valence-electron chi connectivity index (χ0n) is 8.36. The number of hydrogen-bond donors (Lipinski definition) is 1. The SMILES string of the molecule is COS(=O)(=O)OC1(CN)CCCCC1. The van der Waals surface area contributed by atoms with Crippen molar-refractivity contribution in [2.75, 3.05) is 13.7 Å². The van der Waals surface area contributed by atoms with Crippen LogP contribution in [-0.4, -0.2) is 27.7 Å². The first-order chi connectivity index (χ1) is 6.54. The Morgan fingerprint density at radius 1 is 1.29 bits per heavy atom. The molecular formula is C8H17NO4S. The molecule has 6 heteroatoms. The minimum absolute atomic E-state index is 0.218. The molecule has 84 valence electrons. The summed E-state index contributed by atoms with van der Waals surface area (Å²) in [6.07, 6.45) is 4.39. The van der Waals surface area contributed by atoms with E-state index in [-0.39, 0.29) is 6.54 Å². The Labute approximate surface area is 84.9 Å². The molecule has 0 aliphatic heterocycles. The van der Waals surface area contributed by atoms with Crippen molar-refractivity contribution in [3.05, 3.63) is 0 Å². The molecule has 0 heterocycles. The van der Waals surface area contributed by atoms with Crippen LogP contribution >= 0.6 is 0 Å². The maximum Gasteiger partial charge on any atom is 0.400 e. The fourth-order valence-electron chi connectivity index (χ4n) is 1.77. The molecular weight excluding hydrogens is 206 g/mol. The molecule has 1 fully saturated rings. The summed E-state index contributed by atoms with van der Waals surface area (Å²) in [6.45, 7) is 0.218. The third-order valence-electron chi connectivity index (χ3n) is 2.62. The van der Waals surface area contributed by atoms with E-state index in [1.807, 2.05) is 0 Å². The van der Waals surface area contributed by atoms with Crippen molar-refractivity contribution < 1.29 is 16.8 Å². The predicted molar refractivity (Wildman–Crippen MR) is 51.9 cm³/mol. The first kappa shape index (κ1) is 11.9. The van der Waals surface area contributed by atoms with Crippen molar-refractivity contribution >= 4 is 10.4 Å². The largest absolute Gasteiger partial charge is 0.400 e. The Bertz CT molecular complexity index is 269. The van der Waals surface area contributed by atoms with E-state index >= 15 is 0 Å². The molecule has 0 spiro atoms. The molecule has 0 aromatic carbocycles. The average molecular weight is 223 g/mol. The molecule has 0 atom stereocenters. The Kier molecular flexibility index (Phi) is 3.88. The Morgan fingerprint density at radius 3 is 2.29 bits per heavy atom. The van der Waals surface area contributed by atoms with Crippen LogP contribution < -0.4 is 5.73 Å². The van der Waals surface area contributed by atoms with Gasteiger partial charge in [0.1, 0.15) is 5.60 Å². The van der Waals surface area contributed by atoms with Gasteiger partial charge in [0.05, 0.1) is 7.11 Å². The molecule has 0 radical (unpaired) electrons. The lowest BCUT2D eigenvalue weighted by atomic mass is 9.85. The fraction of sp³-hybridized carbons (Fsp3) is 1.00. The molecule has 0 amide bonds. The molecule has 14 heavy (non-hydrogen) atoms. The molecule has 0 saturated heterocycles. The second-order valence-electron chi connectivity index (χ2n) is 3.61. The highest BCUT2D eigenvalue weighted by Gasteiger charge is 2.36. The molecule has 0 aromatic rings. The van der Waals surface area contributed by atoms with Gasteiger partial charge in [0.15, 0.2) is 0 Å². The van der Waals surface area contributed by atoms with Crippen LogP contribution in [0.1, 0.15) is 32.1 Å². The van der Waals surface area contributed by atoms with Crippen LogP contribution in [0.15, 0.2) is 0 Å². The molecule has 1 aliphatic carbocycles. The van der Waals surface area contributed by atoms with E-state index in [0.717, 1.165) is 26.4 Å². The second-order valence-corrected chi connectivity index (χ2v) is 4.92. The van der Waals surface area contributed by atoms with Gasteiger partial charge in [-0.25, -0.2) is 4.18 Å². The van der Waals surface area contributed by atoms with Gasteiger partial charge in [0.25, 0.3) is 0 Å². The van der Waals surface area contributed by atoms with Gasteiger partial charge in [-0.05, 0) is 12.8 Å². The highest BCUT2D eigenvalue weighted by Crippen LogP contribution is 2.32. The number of nitrogens with two attached hydrogens (primary N) is 1. The van der Waals surface area contributed by atoms with E-state index in [0.29, 0.717) is 12.8 Å². The normalized spacial score (nSPS) is 22.1. The van der Waals surface area contributed by atoms with Gasteiger partial charge in [-0.2, -0.15) is 8.42 Å². The number of rotatable bonds is 4. The highest BCUT2D eigenvalue weighted by atomic mass is 32.3. The Balaban J connectivity index is 2.70. The van der Waals surface area contributed by atoms with Gasteiger partial charge in [-0.3, -0.25) is 4.18 Å². The second kappa shape index (κ2) is 4.57. The van der Waals surface area contributed by atoms with E-state index in [2.05, 4.69) is 4.18 Å². The van der Waals surface area contributed by atoms with Crippen LogP contribution in [0.5, 0.6) is 0 Å². The van der Waals surface area contributed by atoms with Crippen molar-refractivity contribution in [2.24, 2.45) is 5.73 Å². The summed E-state index contributed by atoms with van der Waals surface area (Å²) in [5, 5.41) is 0. The van der Waals surface area contributed by atoms with Crippen LogP contribution in [0.2, 0.25) is 0 Å². The fourth-order valence-corrected chi connectivity index (χ4v) is 2.50. The van der Waals surface area contributed by atoms with Gasteiger partial charge in [0.2, 0.25) is 0 Å². The topological polar surface area (TPSA) is 78.6 Å². The van der Waals surface area contributed by atoms with Crippen LogP contribution in [0.4, 0.5) is 0 Å². The van der Waals surface area contributed by atoms with Crippen LogP contribution in [0, 0.1) is 0 Å². The summed E-state index contributed by atoms with van der Waals surface area (Å²) in [4.78, 5) is 0. The maximum atomic E-state index is 11.1. The quantitative estimate of drug-likeness (QED) is 0.753. The molecule has 2 N–H and O–H groups in total. The van der Waals surface area contributed by atoms with Gasteiger partial charge < -0.3 is 5.73 Å². The first-order valence-corrected chi connectivity index (χ1v) is 6.08. The summed E-state index contributed by atoms with van der Waals surface area (Å²) in [7, 11) is -2.78. The molecule has 0 aromatic heterocycles. The minimum atomic E-state index is -3.87. The van der Waals surface area contributed by atoms with E-state index in [1.165, 1.54) is 0 Å². The lowest BCUT2D eigenvalue weighted by Crippen LogP contribution is -2.44. The third-order valence-corrected chi connectivity index (χ3v) is 3.59. The standard InChI is InChI=1S/C8H17NO4S/c1-12-14(10,11)13-8(7-9)5-3-2-4-6-8/h2-7,9H2,1H3. The average Bonchev–Trinajstić information content (AvgIpc) is 2.19. The van der Waals surface area contributed by atoms with Crippen molar-refractivity contribution in [1.29, 1.82) is 0 Å². The van der Waals surface area contributed by atoms with Gasteiger partial charge in [-0.15, -0.1) is 0 Å². The molecule has 1 saturated carbocycles. The van der Waals surface area contributed by atoms with E-state index in [9.17, 15) is 8.42 Å². The highest BCUT2D eigenvalue weighted by molar-refractivity contribution is 7.81. The predicted octanol–water partition coefficient (Wildman–Crippen LogP) is 0.556. The van der Waals surface area contributed by atoms with Crippen LogP contribution in [-0.2, 0) is 18.8 Å². The minimum Gasteiger partial charge on any atom is -0.328 e. The zero-order chi connectivity index (χ0) is 10.7. The zero-order valence-corrected chi connectivity index (χ0v) is 9.18. The van der Waals surface area contributed by atoms with Crippen molar-refractivity contribution in [3.63, 3.8) is 0 Å². The molecule has 0 unspecified atom stereocenters. The van der Waals surface area contributed by atoms with Gasteiger partial charge in [0, 0.05) is 6.54 Å². The van der Waals surface area contributed by atoms with Gasteiger partial charge in [-0.1, -0.05) is 19.3 Å².